The van der Waals surface area contributed by atoms with Crippen LogP contribution in [0.3, 0.4) is 0 Å². The summed E-state index contributed by atoms with van der Waals surface area (Å²) in [6.45, 7) is 5.91. The van der Waals surface area contributed by atoms with Gasteiger partial charge in [-0.2, -0.15) is 0 Å². The van der Waals surface area contributed by atoms with Crippen molar-refractivity contribution in [2.24, 2.45) is 5.92 Å². The third kappa shape index (κ3) is 8.58. The van der Waals surface area contributed by atoms with Gasteiger partial charge in [0.15, 0.2) is 0 Å². The van der Waals surface area contributed by atoms with E-state index in [0.29, 0.717) is 19.3 Å². The minimum absolute atomic E-state index is 0.233. The lowest BCUT2D eigenvalue weighted by molar-refractivity contribution is -0.0305. The van der Waals surface area contributed by atoms with Crippen molar-refractivity contribution in [3.8, 4) is 0 Å². The molecular formula is C15H31NO3. The van der Waals surface area contributed by atoms with Crippen molar-refractivity contribution in [2.75, 3.05) is 19.7 Å². The first-order chi connectivity index (χ1) is 9.08. The highest BCUT2D eigenvalue weighted by molar-refractivity contribution is 4.71. The van der Waals surface area contributed by atoms with Crippen molar-refractivity contribution < 1.29 is 14.9 Å². The van der Waals surface area contributed by atoms with Gasteiger partial charge in [0, 0.05) is 6.54 Å². The summed E-state index contributed by atoms with van der Waals surface area (Å²) in [6.07, 6.45) is 6.26. The second-order valence-electron chi connectivity index (χ2n) is 6.08. The van der Waals surface area contributed by atoms with E-state index in [1.165, 1.54) is 12.8 Å². The monoisotopic (exact) mass is 273 g/mol. The molecule has 1 aliphatic rings. The number of hydrogen-bond donors (Lipinski definition) is 3. The van der Waals surface area contributed by atoms with Gasteiger partial charge in [0.05, 0.1) is 24.9 Å². The molecule has 0 heterocycles. The molecule has 1 rings (SSSR count). The quantitative estimate of drug-likeness (QED) is 0.560. The Hall–Kier alpha value is -0.160. The minimum Gasteiger partial charge on any atom is -0.393 e. The number of aliphatic hydroxyl groups excluding tert-OH is 2. The number of hydrogen-bond acceptors (Lipinski definition) is 4. The lowest BCUT2D eigenvalue weighted by Gasteiger charge is -2.27. The highest BCUT2D eigenvalue weighted by Gasteiger charge is 2.20. The van der Waals surface area contributed by atoms with Crippen LogP contribution in [0.4, 0.5) is 0 Å². The SMILES string of the molecule is CC(O)CCCNCC(O)COC1CCCC(C)C1. The summed E-state index contributed by atoms with van der Waals surface area (Å²) in [5, 5.41) is 22.1. The lowest BCUT2D eigenvalue weighted by atomic mass is 9.89. The zero-order valence-electron chi connectivity index (χ0n) is 12.5. The summed E-state index contributed by atoms with van der Waals surface area (Å²) in [5.41, 5.74) is 0. The maximum atomic E-state index is 9.82. The molecule has 3 N–H and O–H groups in total. The molecule has 114 valence electrons. The number of nitrogens with one attached hydrogen (secondary N) is 1. The Labute approximate surface area is 117 Å². The van der Waals surface area contributed by atoms with Crippen LogP contribution in [-0.2, 0) is 4.74 Å². The minimum atomic E-state index is -0.427. The molecule has 0 spiro atoms. The van der Waals surface area contributed by atoms with Crippen LogP contribution in [0.25, 0.3) is 0 Å². The van der Waals surface area contributed by atoms with Gasteiger partial charge < -0.3 is 20.3 Å². The van der Waals surface area contributed by atoms with Gasteiger partial charge in [0.25, 0.3) is 0 Å². The highest BCUT2D eigenvalue weighted by Crippen LogP contribution is 2.25. The Bertz CT molecular complexity index is 223. The van der Waals surface area contributed by atoms with Crippen molar-refractivity contribution in [3.05, 3.63) is 0 Å². The first kappa shape index (κ1) is 16.9. The Morgan fingerprint density at radius 2 is 2.11 bits per heavy atom. The molecule has 1 saturated carbocycles. The number of rotatable bonds is 9. The van der Waals surface area contributed by atoms with Gasteiger partial charge >= 0.3 is 0 Å². The van der Waals surface area contributed by atoms with E-state index in [-0.39, 0.29) is 6.10 Å². The van der Waals surface area contributed by atoms with E-state index in [0.717, 1.165) is 38.1 Å². The van der Waals surface area contributed by atoms with Crippen LogP contribution < -0.4 is 5.32 Å². The van der Waals surface area contributed by atoms with E-state index in [1.54, 1.807) is 6.92 Å². The van der Waals surface area contributed by atoms with Crippen LogP contribution in [-0.4, -0.2) is 48.2 Å². The highest BCUT2D eigenvalue weighted by atomic mass is 16.5. The normalized spacial score (nSPS) is 27.2. The predicted molar refractivity (Wildman–Crippen MR) is 77.2 cm³/mol. The fourth-order valence-corrected chi connectivity index (χ4v) is 2.63. The van der Waals surface area contributed by atoms with E-state index in [1.807, 2.05) is 0 Å². The summed E-state index contributed by atoms with van der Waals surface area (Å²) >= 11 is 0. The van der Waals surface area contributed by atoms with Gasteiger partial charge in [-0.1, -0.05) is 19.8 Å². The topological polar surface area (TPSA) is 61.7 Å². The molecule has 0 aliphatic heterocycles. The van der Waals surface area contributed by atoms with E-state index in [9.17, 15) is 5.11 Å². The molecule has 19 heavy (non-hydrogen) atoms. The van der Waals surface area contributed by atoms with E-state index in [4.69, 9.17) is 9.84 Å². The summed E-state index contributed by atoms with van der Waals surface area (Å²) in [6, 6.07) is 0. The first-order valence-corrected chi connectivity index (χ1v) is 7.76. The second kappa shape index (κ2) is 9.70. The van der Waals surface area contributed by atoms with E-state index in [2.05, 4.69) is 12.2 Å². The number of aliphatic hydroxyl groups is 2. The molecule has 0 radical (unpaired) electrons. The van der Waals surface area contributed by atoms with E-state index >= 15 is 0 Å². The molecule has 4 atom stereocenters. The smallest absolute Gasteiger partial charge is 0.0897 e. The lowest BCUT2D eigenvalue weighted by Crippen LogP contribution is -2.33. The Morgan fingerprint density at radius 1 is 1.32 bits per heavy atom. The Morgan fingerprint density at radius 3 is 2.79 bits per heavy atom. The van der Waals surface area contributed by atoms with Crippen LogP contribution in [0.5, 0.6) is 0 Å². The molecule has 0 amide bonds. The van der Waals surface area contributed by atoms with Crippen LogP contribution in [0.1, 0.15) is 52.4 Å². The molecule has 1 aliphatic carbocycles. The molecular weight excluding hydrogens is 242 g/mol. The zero-order valence-corrected chi connectivity index (χ0v) is 12.5. The summed E-state index contributed by atoms with van der Waals surface area (Å²) < 4.78 is 5.78. The fourth-order valence-electron chi connectivity index (χ4n) is 2.63. The van der Waals surface area contributed by atoms with Gasteiger partial charge in [-0.05, 0) is 45.1 Å². The third-order valence-electron chi connectivity index (χ3n) is 3.77. The maximum absolute atomic E-state index is 9.82. The van der Waals surface area contributed by atoms with Gasteiger partial charge in [0.2, 0.25) is 0 Å². The largest absolute Gasteiger partial charge is 0.393 e. The summed E-state index contributed by atoms with van der Waals surface area (Å²) in [4.78, 5) is 0. The standard InChI is InChI=1S/C15H31NO3/c1-12-5-3-7-15(9-12)19-11-14(18)10-16-8-4-6-13(2)17/h12-18H,3-11H2,1-2H3. The van der Waals surface area contributed by atoms with Crippen molar-refractivity contribution in [2.45, 2.75) is 70.7 Å². The molecule has 1 fully saturated rings. The molecule has 0 aromatic rings. The van der Waals surface area contributed by atoms with Crippen molar-refractivity contribution >= 4 is 0 Å². The average molecular weight is 273 g/mol. The second-order valence-corrected chi connectivity index (χ2v) is 6.08. The fraction of sp³-hybridized carbons (Fsp3) is 1.00. The van der Waals surface area contributed by atoms with Gasteiger partial charge in [-0.15, -0.1) is 0 Å². The van der Waals surface area contributed by atoms with Crippen LogP contribution in [0.2, 0.25) is 0 Å². The molecule has 0 aromatic carbocycles. The maximum Gasteiger partial charge on any atom is 0.0897 e. The van der Waals surface area contributed by atoms with Crippen LogP contribution >= 0.6 is 0 Å². The van der Waals surface area contributed by atoms with Crippen molar-refractivity contribution in [1.29, 1.82) is 0 Å². The Balaban J connectivity index is 1.96. The predicted octanol–water partition coefficient (Wildman–Crippen LogP) is 1.69. The van der Waals surface area contributed by atoms with E-state index < -0.39 is 6.10 Å². The number of ether oxygens (including phenoxy) is 1. The summed E-state index contributed by atoms with van der Waals surface area (Å²) in [7, 11) is 0. The molecule has 4 heteroatoms. The van der Waals surface area contributed by atoms with Crippen molar-refractivity contribution in [1.82, 2.24) is 5.32 Å². The summed E-state index contributed by atoms with van der Waals surface area (Å²) in [5.74, 6) is 0.759. The van der Waals surface area contributed by atoms with Crippen molar-refractivity contribution in [3.63, 3.8) is 0 Å². The van der Waals surface area contributed by atoms with Gasteiger partial charge in [-0.3, -0.25) is 0 Å². The first-order valence-electron chi connectivity index (χ1n) is 7.76. The third-order valence-corrected chi connectivity index (χ3v) is 3.77. The van der Waals surface area contributed by atoms with Gasteiger partial charge in [-0.25, -0.2) is 0 Å². The molecule has 0 aromatic heterocycles. The molecule has 4 unspecified atom stereocenters. The van der Waals surface area contributed by atoms with Crippen LogP contribution in [0, 0.1) is 5.92 Å². The van der Waals surface area contributed by atoms with Gasteiger partial charge in [0.1, 0.15) is 0 Å². The molecule has 0 saturated heterocycles. The average Bonchev–Trinajstić information content (AvgIpc) is 2.35. The zero-order chi connectivity index (χ0) is 14.1. The molecule has 4 nitrogen and oxygen atoms in total. The van der Waals surface area contributed by atoms with Crippen LogP contribution in [0.15, 0.2) is 0 Å². The Kier molecular flexibility index (Phi) is 8.62. The molecule has 0 bridgehead atoms.